The first-order chi connectivity index (χ1) is 7.98. The third-order valence-corrected chi connectivity index (χ3v) is 3.68. The van der Waals surface area contributed by atoms with Gasteiger partial charge < -0.3 is 11.1 Å². The second-order valence-electron chi connectivity index (χ2n) is 5.53. The maximum absolute atomic E-state index is 5.87. The summed E-state index contributed by atoms with van der Waals surface area (Å²) in [5.41, 5.74) is 6.68. The van der Waals surface area contributed by atoms with Crippen molar-refractivity contribution in [3.63, 3.8) is 0 Å². The first kappa shape index (κ1) is 12.4. The van der Waals surface area contributed by atoms with Crippen molar-refractivity contribution >= 4 is 23.1 Å². The molecule has 4 nitrogen and oxygen atoms in total. The Kier molecular flexibility index (Phi) is 3.43. The number of rotatable bonds is 2. The van der Waals surface area contributed by atoms with Gasteiger partial charge in [0.2, 0.25) is 0 Å². The van der Waals surface area contributed by atoms with Gasteiger partial charge in [-0.15, -0.1) is 0 Å². The number of halogens is 1. The molecule has 0 aliphatic heterocycles. The monoisotopic (exact) mass is 254 g/mol. The summed E-state index contributed by atoms with van der Waals surface area (Å²) in [6.07, 6.45) is 6.25. The van der Waals surface area contributed by atoms with Crippen molar-refractivity contribution in [2.24, 2.45) is 5.41 Å². The van der Waals surface area contributed by atoms with Crippen LogP contribution in [-0.4, -0.2) is 16.0 Å². The molecule has 0 amide bonds. The lowest BCUT2D eigenvalue weighted by Gasteiger charge is -2.35. The van der Waals surface area contributed by atoms with E-state index < -0.39 is 0 Å². The van der Waals surface area contributed by atoms with E-state index in [1.807, 2.05) is 0 Å². The minimum absolute atomic E-state index is 0.317. The molecule has 0 spiro atoms. The van der Waals surface area contributed by atoms with Crippen molar-refractivity contribution in [1.29, 1.82) is 0 Å². The lowest BCUT2D eigenvalue weighted by Crippen LogP contribution is -2.32. The summed E-state index contributed by atoms with van der Waals surface area (Å²) in [5.74, 6) is 0.660. The summed E-state index contributed by atoms with van der Waals surface area (Å²) in [6.45, 7) is 4.61. The SMILES string of the molecule is CC1(C)CCCC(Nc2ncnc(Cl)c2N)C1. The van der Waals surface area contributed by atoms with Crippen LogP contribution < -0.4 is 11.1 Å². The van der Waals surface area contributed by atoms with E-state index >= 15 is 0 Å². The molecule has 1 aromatic heterocycles. The summed E-state index contributed by atoms with van der Waals surface area (Å²) < 4.78 is 0. The number of anilines is 2. The third kappa shape index (κ3) is 3.00. The largest absolute Gasteiger partial charge is 0.393 e. The van der Waals surface area contributed by atoms with Crippen molar-refractivity contribution in [1.82, 2.24) is 9.97 Å². The number of hydrogen-bond donors (Lipinski definition) is 2. The molecular weight excluding hydrogens is 236 g/mol. The number of nitrogens with two attached hydrogens (primary N) is 1. The zero-order chi connectivity index (χ0) is 12.5. The van der Waals surface area contributed by atoms with Gasteiger partial charge in [-0.3, -0.25) is 0 Å². The van der Waals surface area contributed by atoms with Gasteiger partial charge in [0.25, 0.3) is 0 Å². The van der Waals surface area contributed by atoms with Gasteiger partial charge in [-0.2, -0.15) is 0 Å². The molecule has 1 saturated carbocycles. The zero-order valence-electron chi connectivity index (χ0n) is 10.3. The second-order valence-corrected chi connectivity index (χ2v) is 5.89. The number of nitrogens with one attached hydrogen (secondary N) is 1. The van der Waals surface area contributed by atoms with E-state index in [-0.39, 0.29) is 0 Å². The molecule has 3 N–H and O–H groups in total. The van der Waals surface area contributed by atoms with Gasteiger partial charge in [0, 0.05) is 6.04 Å². The van der Waals surface area contributed by atoms with E-state index in [9.17, 15) is 0 Å². The average Bonchev–Trinajstić information content (AvgIpc) is 2.23. The molecule has 17 heavy (non-hydrogen) atoms. The van der Waals surface area contributed by atoms with E-state index in [4.69, 9.17) is 17.3 Å². The summed E-state index contributed by atoms with van der Waals surface area (Å²) >= 11 is 5.87. The van der Waals surface area contributed by atoms with E-state index in [1.165, 1.54) is 19.2 Å². The Balaban J connectivity index is 2.08. The quantitative estimate of drug-likeness (QED) is 0.796. The minimum atomic E-state index is 0.317. The molecule has 0 aromatic carbocycles. The number of nitrogens with zero attached hydrogens (tertiary/aromatic N) is 2. The molecule has 0 radical (unpaired) electrons. The predicted molar refractivity (Wildman–Crippen MR) is 71.1 cm³/mol. The van der Waals surface area contributed by atoms with Gasteiger partial charge in [-0.1, -0.05) is 31.9 Å². The topological polar surface area (TPSA) is 63.8 Å². The van der Waals surface area contributed by atoms with Gasteiger partial charge in [0.1, 0.15) is 12.0 Å². The first-order valence-corrected chi connectivity index (χ1v) is 6.38. The summed E-state index contributed by atoms with van der Waals surface area (Å²) in [7, 11) is 0. The summed E-state index contributed by atoms with van der Waals surface area (Å²) in [4.78, 5) is 8.00. The fraction of sp³-hybridized carbons (Fsp3) is 0.667. The van der Waals surface area contributed by atoms with Crippen LogP contribution in [0, 0.1) is 5.41 Å². The molecule has 1 fully saturated rings. The number of hydrogen-bond acceptors (Lipinski definition) is 4. The highest BCUT2D eigenvalue weighted by atomic mass is 35.5. The molecule has 1 unspecified atom stereocenters. The van der Waals surface area contributed by atoms with Crippen molar-refractivity contribution in [3.8, 4) is 0 Å². The number of aromatic nitrogens is 2. The average molecular weight is 255 g/mol. The van der Waals surface area contributed by atoms with E-state index in [0.29, 0.717) is 28.1 Å². The molecule has 1 aromatic rings. The Labute approximate surface area is 107 Å². The van der Waals surface area contributed by atoms with Crippen molar-refractivity contribution in [3.05, 3.63) is 11.5 Å². The Hall–Kier alpha value is -1.03. The van der Waals surface area contributed by atoms with Crippen LogP contribution in [0.2, 0.25) is 5.15 Å². The van der Waals surface area contributed by atoms with Crippen LogP contribution in [-0.2, 0) is 0 Å². The molecule has 0 bridgehead atoms. The summed E-state index contributed by atoms with van der Waals surface area (Å²) in [6, 6.07) is 0.423. The lowest BCUT2D eigenvalue weighted by atomic mass is 9.75. The van der Waals surface area contributed by atoms with Crippen LogP contribution in [0.5, 0.6) is 0 Å². The van der Waals surface area contributed by atoms with Gasteiger partial charge in [-0.05, 0) is 24.7 Å². The molecule has 5 heteroatoms. The molecule has 1 atom stereocenters. The standard InChI is InChI=1S/C12H19ClN4/c1-12(2)5-3-4-8(6-12)17-11-9(14)10(13)15-7-16-11/h7-8H,3-6,14H2,1-2H3,(H,15,16,17). The van der Waals surface area contributed by atoms with Crippen LogP contribution in [0.25, 0.3) is 0 Å². The summed E-state index contributed by atoms with van der Waals surface area (Å²) in [5, 5.41) is 3.70. The highest BCUT2D eigenvalue weighted by Crippen LogP contribution is 2.36. The van der Waals surface area contributed by atoms with Gasteiger partial charge in [0.05, 0.1) is 0 Å². The minimum Gasteiger partial charge on any atom is -0.393 e. The van der Waals surface area contributed by atoms with Crippen molar-refractivity contribution in [2.75, 3.05) is 11.1 Å². The Morgan fingerprint density at radius 2 is 2.24 bits per heavy atom. The molecule has 0 saturated heterocycles. The highest BCUT2D eigenvalue weighted by molar-refractivity contribution is 6.32. The zero-order valence-corrected chi connectivity index (χ0v) is 11.1. The van der Waals surface area contributed by atoms with E-state index in [0.717, 1.165) is 12.8 Å². The predicted octanol–water partition coefficient (Wildman–Crippen LogP) is 3.09. The normalized spacial score (nSPS) is 23.4. The molecule has 2 rings (SSSR count). The van der Waals surface area contributed by atoms with Gasteiger partial charge in [-0.25, -0.2) is 9.97 Å². The van der Waals surface area contributed by atoms with Crippen LogP contribution in [0.1, 0.15) is 39.5 Å². The van der Waals surface area contributed by atoms with Crippen molar-refractivity contribution < 1.29 is 0 Å². The fourth-order valence-electron chi connectivity index (χ4n) is 2.50. The second kappa shape index (κ2) is 4.69. The lowest BCUT2D eigenvalue weighted by molar-refractivity contribution is 0.229. The highest BCUT2D eigenvalue weighted by Gasteiger charge is 2.28. The maximum Gasteiger partial charge on any atom is 0.157 e. The van der Waals surface area contributed by atoms with Crippen LogP contribution in [0.3, 0.4) is 0 Å². The smallest absolute Gasteiger partial charge is 0.157 e. The maximum atomic E-state index is 5.87. The van der Waals surface area contributed by atoms with Gasteiger partial charge >= 0.3 is 0 Å². The van der Waals surface area contributed by atoms with Crippen molar-refractivity contribution in [2.45, 2.75) is 45.6 Å². The molecular formula is C12H19ClN4. The first-order valence-electron chi connectivity index (χ1n) is 6.00. The third-order valence-electron chi connectivity index (χ3n) is 3.38. The van der Waals surface area contributed by atoms with Crippen LogP contribution in [0.15, 0.2) is 6.33 Å². The Bertz CT molecular complexity index is 405. The van der Waals surface area contributed by atoms with Crippen LogP contribution >= 0.6 is 11.6 Å². The van der Waals surface area contributed by atoms with E-state index in [2.05, 4.69) is 29.1 Å². The van der Waals surface area contributed by atoms with Gasteiger partial charge in [0.15, 0.2) is 11.0 Å². The number of nitrogen functional groups attached to an aromatic ring is 1. The fourth-order valence-corrected chi connectivity index (χ4v) is 2.64. The van der Waals surface area contributed by atoms with Crippen LogP contribution in [0.4, 0.5) is 11.5 Å². The molecule has 1 aliphatic carbocycles. The molecule has 1 aliphatic rings. The molecule has 94 valence electrons. The molecule has 1 heterocycles. The Morgan fingerprint density at radius 3 is 2.94 bits per heavy atom. The van der Waals surface area contributed by atoms with E-state index in [1.54, 1.807) is 0 Å². The Morgan fingerprint density at radius 1 is 1.47 bits per heavy atom.